The summed E-state index contributed by atoms with van der Waals surface area (Å²) in [5.74, 6) is 0.708. The molecule has 0 aliphatic rings. The van der Waals surface area contributed by atoms with E-state index < -0.39 is 6.04 Å². The van der Waals surface area contributed by atoms with Gasteiger partial charge in [0.25, 0.3) is 0 Å². The van der Waals surface area contributed by atoms with Crippen LogP contribution in [0, 0.1) is 0 Å². The van der Waals surface area contributed by atoms with E-state index >= 15 is 0 Å². The summed E-state index contributed by atoms with van der Waals surface area (Å²) in [5, 5.41) is 9.52. The molecular formula is C10H14ClNO2. The Morgan fingerprint density at radius 2 is 2.21 bits per heavy atom. The van der Waals surface area contributed by atoms with Crippen LogP contribution in [0.3, 0.4) is 0 Å². The van der Waals surface area contributed by atoms with Gasteiger partial charge >= 0.3 is 0 Å². The highest BCUT2D eigenvalue weighted by molar-refractivity contribution is 5.85. The Balaban J connectivity index is 0.00000169. The van der Waals surface area contributed by atoms with Crippen LogP contribution in [0.1, 0.15) is 11.6 Å². The van der Waals surface area contributed by atoms with Crippen LogP contribution in [0.25, 0.3) is 0 Å². The van der Waals surface area contributed by atoms with E-state index in [1.54, 1.807) is 24.3 Å². The number of hydrogen-bond acceptors (Lipinski definition) is 3. The van der Waals surface area contributed by atoms with Crippen molar-refractivity contribution in [1.82, 2.24) is 0 Å². The third-order valence-corrected chi connectivity index (χ3v) is 1.85. The zero-order valence-electron chi connectivity index (χ0n) is 7.93. The first-order chi connectivity index (χ1) is 6.20. The number of phenols is 1. The topological polar surface area (TPSA) is 55.5 Å². The lowest BCUT2D eigenvalue weighted by Crippen LogP contribution is -2.08. The molecule has 0 aliphatic carbocycles. The fourth-order valence-corrected chi connectivity index (χ4v) is 1.16. The number of hydrogen-bond donors (Lipinski definition) is 2. The first kappa shape index (κ1) is 12.8. The number of aromatic hydroxyl groups is 1. The molecule has 1 rings (SSSR count). The molecule has 0 saturated heterocycles. The molecule has 3 N–H and O–H groups in total. The smallest absolute Gasteiger partial charge is 0.127 e. The second-order valence-electron chi connectivity index (χ2n) is 2.65. The van der Waals surface area contributed by atoms with Gasteiger partial charge in [0.2, 0.25) is 0 Å². The fraction of sp³-hybridized carbons (Fsp3) is 0.200. The van der Waals surface area contributed by atoms with Crippen LogP contribution in [0.15, 0.2) is 30.9 Å². The van der Waals surface area contributed by atoms with Gasteiger partial charge in [-0.25, -0.2) is 0 Å². The average molecular weight is 216 g/mol. The highest BCUT2D eigenvalue weighted by Gasteiger charge is 2.12. The van der Waals surface area contributed by atoms with E-state index in [4.69, 9.17) is 10.5 Å². The van der Waals surface area contributed by atoms with Crippen molar-refractivity contribution in [2.24, 2.45) is 5.73 Å². The van der Waals surface area contributed by atoms with Gasteiger partial charge in [-0.1, -0.05) is 12.1 Å². The predicted octanol–water partition coefficient (Wildman–Crippen LogP) is 2.01. The molecule has 0 radical (unpaired) electrons. The normalized spacial score (nSPS) is 11.3. The lowest BCUT2D eigenvalue weighted by molar-refractivity contribution is 0.397. The molecule has 0 saturated carbocycles. The van der Waals surface area contributed by atoms with Crippen molar-refractivity contribution in [3.05, 3.63) is 36.4 Å². The second kappa shape index (κ2) is 5.52. The average Bonchev–Trinajstić information content (AvgIpc) is 2.16. The second-order valence-corrected chi connectivity index (χ2v) is 2.65. The minimum absolute atomic E-state index is 0. The summed E-state index contributed by atoms with van der Waals surface area (Å²) in [5.41, 5.74) is 6.28. The number of phenolic OH excluding ortho intramolecular Hbond substituents is 1. The van der Waals surface area contributed by atoms with Crippen LogP contribution < -0.4 is 10.5 Å². The minimum atomic E-state index is -0.406. The van der Waals surface area contributed by atoms with Gasteiger partial charge in [-0.05, 0) is 12.1 Å². The molecule has 3 nitrogen and oxygen atoms in total. The Bertz CT molecular complexity index is 315. The van der Waals surface area contributed by atoms with E-state index in [0.29, 0.717) is 11.3 Å². The molecule has 0 aliphatic heterocycles. The number of nitrogens with two attached hydrogens (primary N) is 1. The van der Waals surface area contributed by atoms with Gasteiger partial charge in [0.05, 0.1) is 18.7 Å². The van der Waals surface area contributed by atoms with E-state index in [-0.39, 0.29) is 18.2 Å². The van der Waals surface area contributed by atoms with Crippen LogP contribution in [0.4, 0.5) is 0 Å². The molecule has 14 heavy (non-hydrogen) atoms. The van der Waals surface area contributed by atoms with Crippen LogP contribution in [-0.4, -0.2) is 12.2 Å². The summed E-state index contributed by atoms with van der Waals surface area (Å²) in [6.45, 7) is 3.56. The van der Waals surface area contributed by atoms with Crippen LogP contribution in [0.5, 0.6) is 11.5 Å². The Kier molecular flexibility index (Phi) is 5.05. The van der Waals surface area contributed by atoms with Crippen molar-refractivity contribution in [3.63, 3.8) is 0 Å². The maximum atomic E-state index is 9.52. The van der Waals surface area contributed by atoms with E-state index in [1.807, 2.05) is 0 Å². The molecule has 0 fully saturated rings. The molecule has 0 amide bonds. The molecule has 4 heteroatoms. The van der Waals surface area contributed by atoms with Gasteiger partial charge in [-0.2, -0.15) is 0 Å². The lowest BCUT2D eigenvalue weighted by Gasteiger charge is -2.13. The summed E-state index contributed by atoms with van der Waals surface area (Å²) < 4.78 is 5.06. The van der Waals surface area contributed by atoms with Crippen molar-refractivity contribution in [2.45, 2.75) is 6.04 Å². The molecule has 0 bridgehead atoms. The molecule has 1 aromatic rings. The van der Waals surface area contributed by atoms with Gasteiger partial charge in [0, 0.05) is 0 Å². The molecule has 0 heterocycles. The summed E-state index contributed by atoms with van der Waals surface area (Å²) in [6.07, 6.45) is 1.55. The summed E-state index contributed by atoms with van der Waals surface area (Å²) >= 11 is 0. The number of benzene rings is 1. The van der Waals surface area contributed by atoms with E-state index in [9.17, 15) is 5.11 Å². The van der Waals surface area contributed by atoms with Gasteiger partial charge in [-0.15, -0.1) is 19.0 Å². The highest BCUT2D eigenvalue weighted by Crippen LogP contribution is 2.32. The lowest BCUT2D eigenvalue weighted by atomic mass is 10.1. The first-order valence-corrected chi connectivity index (χ1v) is 3.94. The Labute approximate surface area is 89.6 Å². The van der Waals surface area contributed by atoms with Crippen LogP contribution in [0.2, 0.25) is 0 Å². The van der Waals surface area contributed by atoms with Crippen LogP contribution in [-0.2, 0) is 0 Å². The summed E-state index contributed by atoms with van der Waals surface area (Å²) in [4.78, 5) is 0. The monoisotopic (exact) mass is 215 g/mol. The highest BCUT2D eigenvalue weighted by atomic mass is 35.5. The van der Waals surface area contributed by atoms with E-state index in [2.05, 4.69) is 6.58 Å². The standard InChI is InChI=1S/C10H13NO2.ClH/c1-3-7(11)10-8(12)5-4-6-9(10)13-2;/h3-7,12H,1,11H2,2H3;1H/t7-;/m0./s1. The zero-order valence-corrected chi connectivity index (χ0v) is 8.75. The van der Waals surface area contributed by atoms with Crippen molar-refractivity contribution in [1.29, 1.82) is 0 Å². The summed E-state index contributed by atoms with van der Waals surface area (Å²) in [6, 6.07) is 4.61. The maximum absolute atomic E-state index is 9.52. The zero-order chi connectivity index (χ0) is 9.84. The fourth-order valence-electron chi connectivity index (χ4n) is 1.16. The van der Waals surface area contributed by atoms with Gasteiger partial charge in [-0.3, -0.25) is 0 Å². The van der Waals surface area contributed by atoms with Crippen LogP contribution >= 0.6 is 12.4 Å². The molecule has 0 unspecified atom stereocenters. The molecule has 1 aromatic carbocycles. The predicted molar refractivity (Wildman–Crippen MR) is 59.0 cm³/mol. The van der Waals surface area contributed by atoms with E-state index in [1.165, 1.54) is 7.11 Å². The third-order valence-electron chi connectivity index (χ3n) is 1.85. The minimum Gasteiger partial charge on any atom is -0.507 e. The Hall–Kier alpha value is -1.19. The number of rotatable bonds is 3. The quantitative estimate of drug-likeness (QED) is 0.759. The maximum Gasteiger partial charge on any atom is 0.127 e. The molecule has 0 spiro atoms. The van der Waals surface area contributed by atoms with Gasteiger partial charge in [0.15, 0.2) is 0 Å². The molecule has 1 atom stereocenters. The summed E-state index contributed by atoms with van der Waals surface area (Å²) in [7, 11) is 1.54. The molecular weight excluding hydrogens is 202 g/mol. The molecule has 78 valence electrons. The third kappa shape index (κ3) is 2.40. The Morgan fingerprint density at radius 3 is 2.71 bits per heavy atom. The Morgan fingerprint density at radius 1 is 1.57 bits per heavy atom. The molecule has 0 aromatic heterocycles. The van der Waals surface area contributed by atoms with Crippen molar-refractivity contribution in [3.8, 4) is 11.5 Å². The number of ether oxygens (including phenoxy) is 1. The first-order valence-electron chi connectivity index (χ1n) is 3.94. The number of methoxy groups -OCH3 is 1. The van der Waals surface area contributed by atoms with E-state index in [0.717, 1.165) is 0 Å². The van der Waals surface area contributed by atoms with Gasteiger partial charge in [0.1, 0.15) is 11.5 Å². The van der Waals surface area contributed by atoms with Gasteiger partial charge < -0.3 is 15.6 Å². The SMILES string of the molecule is C=C[C@H](N)c1c(O)cccc1OC.Cl. The largest absolute Gasteiger partial charge is 0.507 e. The number of halogens is 1. The van der Waals surface area contributed by atoms with Crippen molar-refractivity contribution < 1.29 is 9.84 Å². The van der Waals surface area contributed by atoms with Crippen molar-refractivity contribution in [2.75, 3.05) is 7.11 Å². The van der Waals surface area contributed by atoms with Crippen molar-refractivity contribution >= 4 is 12.4 Å².